The fourth-order valence-corrected chi connectivity index (χ4v) is 1.69. The number of hydrogen-bond donors (Lipinski definition) is 2. The SMILES string of the molecule is COCc1cc(N=O)ccc1O.COCc1ccccc1O. The predicted octanol–water partition coefficient (Wildman–Crippen LogP) is 3.48. The third-order valence-corrected chi connectivity index (χ3v) is 2.76. The van der Waals surface area contributed by atoms with Crippen LogP contribution in [-0.4, -0.2) is 24.4 Å². The van der Waals surface area contributed by atoms with Gasteiger partial charge in [-0.2, -0.15) is 0 Å². The Labute approximate surface area is 128 Å². The van der Waals surface area contributed by atoms with Crippen molar-refractivity contribution in [2.75, 3.05) is 14.2 Å². The van der Waals surface area contributed by atoms with Crippen LogP contribution in [-0.2, 0) is 22.7 Å². The summed E-state index contributed by atoms with van der Waals surface area (Å²) in [5.41, 5.74) is 1.68. The lowest BCUT2D eigenvalue weighted by atomic mass is 10.2. The summed E-state index contributed by atoms with van der Waals surface area (Å²) in [6, 6.07) is 11.5. The second-order valence-corrected chi connectivity index (χ2v) is 4.40. The third-order valence-electron chi connectivity index (χ3n) is 2.76. The van der Waals surface area contributed by atoms with Gasteiger partial charge < -0.3 is 19.7 Å². The molecule has 6 nitrogen and oxygen atoms in total. The van der Waals surface area contributed by atoms with Gasteiger partial charge in [0, 0.05) is 25.3 Å². The topological polar surface area (TPSA) is 88.4 Å². The molecule has 0 aliphatic carbocycles. The van der Waals surface area contributed by atoms with Crippen LogP contribution in [0.4, 0.5) is 5.69 Å². The van der Waals surface area contributed by atoms with Gasteiger partial charge in [-0.05, 0) is 29.4 Å². The largest absolute Gasteiger partial charge is 0.508 e. The molecule has 0 amide bonds. The molecular weight excluding hydrogens is 286 g/mol. The van der Waals surface area contributed by atoms with Crippen LogP contribution in [0.5, 0.6) is 11.5 Å². The molecular formula is C16H19NO5. The number of phenolic OH excluding ortho intramolecular Hbond substituents is 2. The molecule has 2 aromatic rings. The van der Waals surface area contributed by atoms with Crippen molar-refractivity contribution in [2.45, 2.75) is 13.2 Å². The van der Waals surface area contributed by atoms with Crippen molar-refractivity contribution < 1.29 is 19.7 Å². The summed E-state index contributed by atoms with van der Waals surface area (Å²) in [5, 5.41) is 21.1. The minimum atomic E-state index is 0.115. The number of nitroso groups, excluding NO2 is 1. The summed E-state index contributed by atoms with van der Waals surface area (Å²) in [7, 11) is 3.12. The number of para-hydroxylation sites is 1. The maximum Gasteiger partial charge on any atom is 0.121 e. The van der Waals surface area contributed by atoms with E-state index in [2.05, 4.69) is 5.18 Å². The van der Waals surface area contributed by atoms with Crippen LogP contribution in [0.15, 0.2) is 47.6 Å². The van der Waals surface area contributed by atoms with E-state index in [1.165, 1.54) is 25.3 Å². The first-order valence-electron chi connectivity index (χ1n) is 6.52. The van der Waals surface area contributed by atoms with Gasteiger partial charge in [0.15, 0.2) is 0 Å². The Morgan fingerprint density at radius 3 is 2.09 bits per heavy atom. The van der Waals surface area contributed by atoms with Crippen molar-refractivity contribution in [3.63, 3.8) is 0 Å². The molecule has 22 heavy (non-hydrogen) atoms. The molecule has 0 spiro atoms. The molecule has 2 aromatic carbocycles. The van der Waals surface area contributed by atoms with Crippen molar-refractivity contribution >= 4 is 5.69 Å². The fraction of sp³-hybridized carbons (Fsp3) is 0.250. The average Bonchev–Trinajstić information content (AvgIpc) is 2.53. The molecule has 0 fully saturated rings. The second-order valence-electron chi connectivity index (χ2n) is 4.40. The van der Waals surface area contributed by atoms with Crippen molar-refractivity contribution in [1.82, 2.24) is 0 Å². The maximum atomic E-state index is 10.1. The van der Waals surface area contributed by atoms with Gasteiger partial charge >= 0.3 is 0 Å². The first-order valence-corrected chi connectivity index (χ1v) is 6.52. The van der Waals surface area contributed by atoms with Gasteiger partial charge in [-0.25, -0.2) is 0 Å². The number of hydrogen-bond acceptors (Lipinski definition) is 6. The molecule has 2 N–H and O–H groups in total. The lowest BCUT2D eigenvalue weighted by molar-refractivity contribution is 0.182. The van der Waals surface area contributed by atoms with Crippen molar-refractivity contribution in [2.24, 2.45) is 5.18 Å². The summed E-state index contributed by atoms with van der Waals surface area (Å²) in [6.45, 7) is 0.738. The minimum Gasteiger partial charge on any atom is -0.508 e. The molecule has 0 bridgehead atoms. The van der Waals surface area contributed by atoms with Crippen LogP contribution in [0.25, 0.3) is 0 Å². The lowest BCUT2D eigenvalue weighted by Crippen LogP contribution is -1.87. The number of aromatic hydroxyl groups is 2. The minimum absolute atomic E-state index is 0.115. The van der Waals surface area contributed by atoms with Gasteiger partial charge in [-0.3, -0.25) is 0 Å². The molecule has 0 atom stereocenters. The van der Waals surface area contributed by atoms with E-state index < -0.39 is 0 Å². The van der Waals surface area contributed by atoms with E-state index in [0.29, 0.717) is 23.6 Å². The Bertz CT molecular complexity index is 601. The molecule has 0 aromatic heterocycles. The van der Waals surface area contributed by atoms with Gasteiger partial charge in [-0.1, -0.05) is 18.2 Å². The highest BCUT2D eigenvalue weighted by Gasteiger charge is 2.01. The molecule has 0 unspecified atom stereocenters. The van der Waals surface area contributed by atoms with E-state index >= 15 is 0 Å². The monoisotopic (exact) mass is 305 g/mol. The summed E-state index contributed by atoms with van der Waals surface area (Å²) >= 11 is 0. The average molecular weight is 305 g/mol. The smallest absolute Gasteiger partial charge is 0.121 e. The highest BCUT2D eigenvalue weighted by molar-refractivity contribution is 5.46. The number of benzene rings is 2. The number of ether oxygens (including phenoxy) is 2. The number of phenols is 2. The Hall–Kier alpha value is -2.44. The van der Waals surface area contributed by atoms with Crippen LogP contribution in [0.3, 0.4) is 0 Å². The summed E-state index contributed by atoms with van der Waals surface area (Å²) in [6.07, 6.45) is 0. The lowest BCUT2D eigenvalue weighted by Gasteiger charge is -2.02. The van der Waals surface area contributed by atoms with E-state index in [1.54, 1.807) is 19.2 Å². The van der Waals surface area contributed by atoms with Crippen LogP contribution < -0.4 is 0 Å². The molecule has 0 aliphatic rings. The Kier molecular flexibility index (Phi) is 7.60. The summed E-state index contributed by atoms with van der Waals surface area (Å²) in [4.78, 5) is 10.1. The second kappa shape index (κ2) is 9.49. The summed E-state index contributed by atoms with van der Waals surface area (Å²) < 4.78 is 9.65. The molecule has 118 valence electrons. The van der Waals surface area contributed by atoms with Gasteiger partial charge in [0.05, 0.1) is 13.2 Å². The standard InChI is InChI=1S/C8H9NO3.C8H10O2/c1-12-5-6-4-7(9-11)2-3-8(6)10;1-10-6-7-4-2-3-5-8(7)9/h2-4,10H,5H2,1H3;2-5,9H,6H2,1H3. The molecule has 2 rings (SSSR count). The number of methoxy groups -OCH3 is 2. The van der Waals surface area contributed by atoms with E-state index in [9.17, 15) is 10.0 Å². The van der Waals surface area contributed by atoms with Crippen molar-refractivity contribution in [3.05, 3.63) is 58.5 Å². The summed E-state index contributed by atoms with van der Waals surface area (Å²) in [5.74, 6) is 0.411. The van der Waals surface area contributed by atoms with Crippen LogP contribution in [0.1, 0.15) is 11.1 Å². The van der Waals surface area contributed by atoms with Gasteiger partial charge in [0.25, 0.3) is 0 Å². The van der Waals surface area contributed by atoms with E-state index in [-0.39, 0.29) is 12.4 Å². The molecule has 0 heterocycles. The highest BCUT2D eigenvalue weighted by atomic mass is 16.5. The maximum absolute atomic E-state index is 10.1. The highest BCUT2D eigenvalue weighted by Crippen LogP contribution is 2.23. The van der Waals surface area contributed by atoms with Crippen molar-refractivity contribution in [1.29, 1.82) is 0 Å². The van der Waals surface area contributed by atoms with Gasteiger partial charge in [0.1, 0.15) is 17.2 Å². The van der Waals surface area contributed by atoms with Crippen molar-refractivity contribution in [3.8, 4) is 11.5 Å². The van der Waals surface area contributed by atoms with E-state index in [4.69, 9.17) is 14.6 Å². The third kappa shape index (κ3) is 5.51. The van der Waals surface area contributed by atoms with E-state index in [0.717, 1.165) is 5.56 Å². The van der Waals surface area contributed by atoms with Crippen LogP contribution in [0.2, 0.25) is 0 Å². The first kappa shape index (κ1) is 17.6. The zero-order valence-corrected chi connectivity index (χ0v) is 12.5. The zero-order chi connectivity index (χ0) is 16.4. The van der Waals surface area contributed by atoms with Gasteiger partial charge in [0.2, 0.25) is 0 Å². The molecule has 0 radical (unpaired) electrons. The molecule has 6 heteroatoms. The quantitative estimate of drug-likeness (QED) is 0.826. The Morgan fingerprint density at radius 1 is 0.909 bits per heavy atom. The van der Waals surface area contributed by atoms with Gasteiger partial charge in [-0.15, -0.1) is 4.91 Å². The molecule has 0 saturated heterocycles. The normalized spacial score (nSPS) is 9.73. The number of nitrogens with zero attached hydrogens (tertiary/aromatic N) is 1. The van der Waals surface area contributed by atoms with Crippen LogP contribution in [0, 0.1) is 4.91 Å². The first-order chi connectivity index (χ1) is 10.6. The Balaban J connectivity index is 0.000000224. The molecule has 0 saturated carbocycles. The Morgan fingerprint density at radius 2 is 1.50 bits per heavy atom. The zero-order valence-electron chi connectivity index (χ0n) is 12.5. The number of rotatable bonds is 5. The van der Waals surface area contributed by atoms with Crippen LogP contribution >= 0.6 is 0 Å². The van der Waals surface area contributed by atoms with E-state index in [1.807, 2.05) is 12.1 Å². The predicted molar refractivity (Wildman–Crippen MR) is 83.1 cm³/mol. The molecule has 0 aliphatic heterocycles. The fourth-order valence-electron chi connectivity index (χ4n) is 1.69.